The van der Waals surface area contributed by atoms with Crippen LogP contribution in [0.5, 0.6) is 0 Å². The van der Waals surface area contributed by atoms with Crippen molar-refractivity contribution in [3.05, 3.63) is 29.8 Å². The molecule has 1 aromatic rings. The molecule has 0 heterocycles. The van der Waals surface area contributed by atoms with Crippen LogP contribution < -0.4 is 0 Å². The van der Waals surface area contributed by atoms with Crippen molar-refractivity contribution in [3.63, 3.8) is 0 Å². The van der Waals surface area contributed by atoms with Gasteiger partial charge in [-0.15, -0.1) is 11.8 Å². The zero-order chi connectivity index (χ0) is 10.4. The molecule has 3 heteroatoms. The molecule has 14 heavy (non-hydrogen) atoms. The molecule has 0 aliphatic rings. The normalized spacial score (nSPS) is 12.1. The number of hydrogen-bond donors (Lipinski definition) is 1. The Morgan fingerprint density at radius 1 is 1.50 bits per heavy atom. The molecule has 0 bridgehead atoms. The predicted molar refractivity (Wildman–Crippen MR) is 58.1 cm³/mol. The molecule has 1 aromatic carbocycles. The van der Waals surface area contributed by atoms with E-state index in [1.807, 2.05) is 31.2 Å². The van der Waals surface area contributed by atoms with Crippen molar-refractivity contribution in [2.24, 2.45) is 5.92 Å². The van der Waals surface area contributed by atoms with Crippen LogP contribution in [0.15, 0.2) is 29.2 Å². The maximum atomic E-state index is 8.86. The maximum Gasteiger partial charge on any atom is 0.100 e. The molecule has 0 aromatic heterocycles. The van der Waals surface area contributed by atoms with Gasteiger partial charge in [0.25, 0.3) is 0 Å². The summed E-state index contributed by atoms with van der Waals surface area (Å²) >= 11 is 1.62. The standard InChI is InChI=1S/C11H13NOS/c1-9(7-13)8-14-11-5-3-2-4-10(11)6-12/h2-5,9,13H,7-8H2,1H3. The first-order chi connectivity index (χ1) is 6.77. The number of aliphatic hydroxyl groups excluding tert-OH is 1. The molecule has 2 nitrogen and oxygen atoms in total. The largest absolute Gasteiger partial charge is 0.396 e. The molecule has 0 spiro atoms. The molecule has 1 unspecified atom stereocenters. The average Bonchev–Trinajstić information content (AvgIpc) is 2.26. The van der Waals surface area contributed by atoms with Crippen molar-refractivity contribution in [2.45, 2.75) is 11.8 Å². The molecular weight excluding hydrogens is 194 g/mol. The van der Waals surface area contributed by atoms with E-state index in [2.05, 4.69) is 6.07 Å². The van der Waals surface area contributed by atoms with Gasteiger partial charge < -0.3 is 5.11 Å². The molecule has 0 aliphatic carbocycles. The van der Waals surface area contributed by atoms with Gasteiger partial charge >= 0.3 is 0 Å². The van der Waals surface area contributed by atoms with Gasteiger partial charge in [-0.3, -0.25) is 0 Å². The molecule has 0 saturated carbocycles. The lowest BCUT2D eigenvalue weighted by Gasteiger charge is -2.07. The van der Waals surface area contributed by atoms with Gasteiger partial charge in [-0.2, -0.15) is 5.26 Å². The summed E-state index contributed by atoms with van der Waals surface area (Å²) in [7, 11) is 0. The van der Waals surface area contributed by atoms with E-state index < -0.39 is 0 Å². The van der Waals surface area contributed by atoms with Crippen molar-refractivity contribution in [3.8, 4) is 6.07 Å². The highest BCUT2D eigenvalue weighted by Gasteiger charge is 2.04. The summed E-state index contributed by atoms with van der Waals surface area (Å²) < 4.78 is 0. The molecule has 74 valence electrons. The number of hydrogen-bond acceptors (Lipinski definition) is 3. The van der Waals surface area contributed by atoms with Crippen LogP contribution in [0.3, 0.4) is 0 Å². The van der Waals surface area contributed by atoms with Crippen molar-refractivity contribution < 1.29 is 5.11 Å². The van der Waals surface area contributed by atoms with E-state index in [-0.39, 0.29) is 12.5 Å². The summed E-state index contributed by atoms with van der Waals surface area (Å²) in [5, 5.41) is 17.7. The number of thioether (sulfide) groups is 1. The highest BCUT2D eigenvalue weighted by Crippen LogP contribution is 2.23. The van der Waals surface area contributed by atoms with Crippen LogP contribution >= 0.6 is 11.8 Å². The third-order valence-corrected chi connectivity index (χ3v) is 3.25. The lowest BCUT2D eigenvalue weighted by atomic mass is 10.2. The van der Waals surface area contributed by atoms with E-state index in [0.717, 1.165) is 10.6 Å². The molecule has 0 radical (unpaired) electrons. The van der Waals surface area contributed by atoms with E-state index in [9.17, 15) is 0 Å². The van der Waals surface area contributed by atoms with E-state index in [1.54, 1.807) is 11.8 Å². The zero-order valence-electron chi connectivity index (χ0n) is 8.10. The van der Waals surface area contributed by atoms with E-state index in [4.69, 9.17) is 10.4 Å². The van der Waals surface area contributed by atoms with Crippen LogP contribution in [0.2, 0.25) is 0 Å². The van der Waals surface area contributed by atoms with Gasteiger partial charge in [0.1, 0.15) is 6.07 Å². The zero-order valence-corrected chi connectivity index (χ0v) is 8.92. The highest BCUT2D eigenvalue weighted by atomic mass is 32.2. The summed E-state index contributed by atoms with van der Waals surface area (Å²) in [6.45, 7) is 2.18. The minimum atomic E-state index is 0.196. The molecule has 1 N–H and O–H groups in total. The SMILES string of the molecule is CC(CO)CSc1ccccc1C#N. The van der Waals surface area contributed by atoms with Crippen LogP contribution in [0.4, 0.5) is 0 Å². The Labute approximate surface area is 88.6 Å². The van der Waals surface area contributed by atoms with Gasteiger partial charge in [0.05, 0.1) is 5.56 Å². The van der Waals surface area contributed by atoms with Gasteiger partial charge in [0, 0.05) is 17.3 Å². The summed E-state index contributed by atoms with van der Waals surface area (Å²) in [5.41, 5.74) is 0.711. The Morgan fingerprint density at radius 2 is 2.21 bits per heavy atom. The number of nitriles is 1. The number of benzene rings is 1. The van der Waals surface area contributed by atoms with E-state index in [0.29, 0.717) is 5.56 Å². The van der Waals surface area contributed by atoms with Crippen LogP contribution in [-0.4, -0.2) is 17.5 Å². The Balaban J connectivity index is 2.63. The van der Waals surface area contributed by atoms with Crippen LogP contribution in [0.1, 0.15) is 12.5 Å². The van der Waals surface area contributed by atoms with Gasteiger partial charge in [-0.25, -0.2) is 0 Å². The molecule has 1 rings (SSSR count). The number of nitrogens with zero attached hydrogens (tertiary/aromatic N) is 1. The average molecular weight is 207 g/mol. The second-order valence-corrected chi connectivity index (χ2v) is 4.27. The first kappa shape index (κ1) is 11.1. The summed E-state index contributed by atoms with van der Waals surface area (Å²) in [5.74, 6) is 1.11. The fourth-order valence-corrected chi connectivity index (χ4v) is 1.98. The number of aliphatic hydroxyl groups is 1. The summed E-state index contributed by atoms with van der Waals surface area (Å²) in [6.07, 6.45) is 0. The second-order valence-electron chi connectivity index (χ2n) is 3.21. The van der Waals surface area contributed by atoms with Crippen molar-refractivity contribution >= 4 is 11.8 Å². The van der Waals surface area contributed by atoms with Crippen LogP contribution in [0, 0.1) is 17.2 Å². The molecule has 0 amide bonds. The molecule has 0 saturated heterocycles. The predicted octanol–water partition coefficient (Wildman–Crippen LogP) is 2.28. The Hall–Kier alpha value is -0.980. The second kappa shape index (κ2) is 5.69. The van der Waals surface area contributed by atoms with Crippen molar-refractivity contribution in [2.75, 3.05) is 12.4 Å². The summed E-state index contributed by atoms with van der Waals surface area (Å²) in [4.78, 5) is 0.996. The van der Waals surface area contributed by atoms with Gasteiger partial charge in [-0.05, 0) is 18.1 Å². The smallest absolute Gasteiger partial charge is 0.100 e. The van der Waals surface area contributed by atoms with Crippen molar-refractivity contribution in [1.82, 2.24) is 0 Å². The molecule has 1 atom stereocenters. The fraction of sp³-hybridized carbons (Fsp3) is 0.364. The first-order valence-corrected chi connectivity index (χ1v) is 5.49. The lowest BCUT2D eigenvalue weighted by Crippen LogP contribution is -2.03. The van der Waals surface area contributed by atoms with Crippen LogP contribution in [-0.2, 0) is 0 Å². The minimum Gasteiger partial charge on any atom is -0.396 e. The minimum absolute atomic E-state index is 0.196. The molecular formula is C11H13NOS. The lowest BCUT2D eigenvalue weighted by molar-refractivity contribution is 0.250. The topological polar surface area (TPSA) is 44.0 Å². The summed E-state index contributed by atoms with van der Waals surface area (Å²) in [6, 6.07) is 9.69. The van der Waals surface area contributed by atoms with Gasteiger partial charge in [-0.1, -0.05) is 19.1 Å². The Morgan fingerprint density at radius 3 is 2.86 bits per heavy atom. The van der Waals surface area contributed by atoms with Gasteiger partial charge in [0.15, 0.2) is 0 Å². The van der Waals surface area contributed by atoms with Crippen LogP contribution in [0.25, 0.3) is 0 Å². The fourth-order valence-electron chi connectivity index (χ4n) is 0.970. The first-order valence-electron chi connectivity index (χ1n) is 4.50. The third-order valence-electron chi connectivity index (χ3n) is 1.84. The third kappa shape index (κ3) is 3.06. The molecule has 0 fully saturated rings. The quantitative estimate of drug-likeness (QED) is 0.770. The monoisotopic (exact) mass is 207 g/mol. The molecule has 0 aliphatic heterocycles. The maximum absolute atomic E-state index is 8.86. The van der Waals surface area contributed by atoms with Gasteiger partial charge in [0.2, 0.25) is 0 Å². The number of rotatable bonds is 4. The van der Waals surface area contributed by atoms with E-state index in [1.165, 1.54) is 0 Å². The Kier molecular flexibility index (Phi) is 4.51. The van der Waals surface area contributed by atoms with Crippen molar-refractivity contribution in [1.29, 1.82) is 5.26 Å². The Bertz CT molecular complexity index is 332. The van der Waals surface area contributed by atoms with E-state index >= 15 is 0 Å². The highest BCUT2D eigenvalue weighted by molar-refractivity contribution is 7.99.